The van der Waals surface area contributed by atoms with Gasteiger partial charge in [0.15, 0.2) is 0 Å². The maximum atomic E-state index is 0. The van der Waals surface area contributed by atoms with Gasteiger partial charge in [-0.25, -0.2) is 0 Å². The minimum absolute atomic E-state index is 0. The van der Waals surface area contributed by atoms with Crippen molar-refractivity contribution < 1.29 is 43.6 Å². The molecule has 0 amide bonds. The summed E-state index contributed by atoms with van der Waals surface area (Å²) < 4.78 is 0. The molecule has 32 valence electrons. The third-order valence-corrected chi connectivity index (χ3v) is 0. The van der Waals surface area contributed by atoms with Crippen LogP contribution in [0.4, 0.5) is 0 Å². The van der Waals surface area contributed by atoms with E-state index in [2.05, 4.69) is 0 Å². The Balaban J connectivity index is 0. The Morgan fingerprint density at radius 1 is 0.571 bits per heavy atom. The molecular weight excluding hydrogens is 208 g/mol. The topological polar surface area (TPSA) is 114 Å². The predicted octanol–water partition coefficient (Wildman–Crippen LogP) is -1.24. The molecule has 0 bridgehead atoms. The molecule has 0 saturated carbocycles. The van der Waals surface area contributed by atoms with E-state index in [1.165, 1.54) is 0 Å². The van der Waals surface area contributed by atoms with Gasteiger partial charge in [0, 0.05) is 0 Å². The summed E-state index contributed by atoms with van der Waals surface area (Å²) in [6, 6.07) is 0. The molecule has 0 aliphatic carbocycles. The molecule has 0 radical (unpaired) electrons. The van der Waals surface area contributed by atoms with Crippen LogP contribution >= 0.6 is 0 Å². The van der Waals surface area contributed by atoms with Crippen LogP contribution < -0.4 is 0 Å². The van der Waals surface area contributed by atoms with E-state index in [9.17, 15) is 0 Å². The fourth-order valence-electron chi connectivity index (χ4n) is 0. The van der Waals surface area contributed by atoms with E-state index < -0.39 is 0 Å². The summed E-state index contributed by atoms with van der Waals surface area (Å²) in [7, 11) is 0. The van der Waals surface area contributed by atoms with Crippen LogP contribution in [0.2, 0.25) is 0 Å². The minimum atomic E-state index is 0. The van der Waals surface area contributed by atoms with Crippen molar-refractivity contribution >= 4 is 55.6 Å². The molecule has 0 rings (SSSR count). The SMILES string of the molecule is [Be+2].[O-2].[O-2].[O-2].[O-2].[Sr+2].[Ti+4]. The molecule has 0 heterocycles. The van der Waals surface area contributed by atoms with Gasteiger partial charge in [-0.05, 0) is 0 Å². The Hall–Kier alpha value is 2.20. The van der Waals surface area contributed by atoms with Crippen LogP contribution in [-0.2, 0) is 43.6 Å². The van der Waals surface area contributed by atoms with Crippen LogP contribution in [0.5, 0.6) is 0 Å². The monoisotopic (exact) mass is 209 g/mol. The second-order valence-electron chi connectivity index (χ2n) is 0. The second-order valence-corrected chi connectivity index (χ2v) is 0. The van der Waals surface area contributed by atoms with E-state index in [1.54, 1.807) is 0 Å². The van der Waals surface area contributed by atoms with E-state index >= 15 is 0 Å². The molecule has 0 aliphatic rings. The quantitative estimate of drug-likeness (QED) is 0.443. The first-order valence-corrected chi connectivity index (χ1v) is 0. The van der Waals surface area contributed by atoms with Gasteiger partial charge in [-0.15, -0.1) is 0 Å². The average Bonchev–Trinajstić information content (AvgIpc) is 0. The van der Waals surface area contributed by atoms with Crippen molar-refractivity contribution in [3.8, 4) is 0 Å². The second kappa shape index (κ2) is 87.7. The van der Waals surface area contributed by atoms with Crippen molar-refractivity contribution in [2.45, 2.75) is 0 Å². The smallest absolute Gasteiger partial charge is 2.00 e. The Bertz CT molecular complexity index is 11.7. The molecule has 7 heavy (non-hydrogen) atoms. The Labute approximate surface area is 97.6 Å². The molecule has 0 aliphatic heterocycles. The van der Waals surface area contributed by atoms with Gasteiger partial charge in [-0.1, -0.05) is 0 Å². The summed E-state index contributed by atoms with van der Waals surface area (Å²) in [5.41, 5.74) is 0. The summed E-state index contributed by atoms with van der Waals surface area (Å²) in [6.45, 7) is 0. The van der Waals surface area contributed by atoms with Gasteiger partial charge in [-0.2, -0.15) is 0 Å². The zero-order chi connectivity index (χ0) is 0. The number of hydrogen-bond donors (Lipinski definition) is 0. The van der Waals surface area contributed by atoms with Gasteiger partial charge >= 0.3 is 77.3 Å². The van der Waals surface area contributed by atoms with Crippen molar-refractivity contribution in [3.05, 3.63) is 0 Å². The van der Waals surface area contributed by atoms with E-state index in [-0.39, 0.29) is 99.2 Å². The number of rotatable bonds is 0. The van der Waals surface area contributed by atoms with Gasteiger partial charge in [0.1, 0.15) is 0 Å². The standard InChI is InChI=1S/Be.4O.Sr.Ti/q+2;4*-2;+2;+4. The van der Waals surface area contributed by atoms with Crippen LogP contribution in [0, 0.1) is 0 Å². The van der Waals surface area contributed by atoms with Gasteiger partial charge in [0.2, 0.25) is 0 Å². The van der Waals surface area contributed by atoms with E-state index in [0.717, 1.165) is 0 Å². The first-order valence-electron chi connectivity index (χ1n) is 0. The van der Waals surface area contributed by atoms with Crippen LogP contribution in [0.1, 0.15) is 0 Å². The predicted molar refractivity (Wildman–Crippen MR) is 14.3 cm³/mol. The van der Waals surface area contributed by atoms with E-state index in [0.29, 0.717) is 0 Å². The molecule has 0 saturated heterocycles. The largest absolute Gasteiger partial charge is 4.00 e. The number of hydrogen-bond acceptors (Lipinski definition) is 0. The molecule has 4 nitrogen and oxygen atoms in total. The fraction of sp³-hybridized carbons (Fsp3) is 0. The molecule has 0 unspecified atom stereocenters. The molecule has 7 heteroatoms. The molecule has 0 aromatic carbocycles. The Morgan fingerprint density at radius 2 is 0.571 bits per heavy atom. The Morgan fingerprint density at radius 3 is 0.571 bits per heavy atom. The first kappa shape index (κ1) is 128. The maximum absolute atomic E-state index is 0. The third-order valence-electron chi connectivity index (χ3n) is 0. The zero-order valence-electron chi connectivity index (χ0n) is 3.55. The van der Waals surface area contributed by atoms with Crippen molar-refractivity contribution in [1.82, 2.24) is 0 Å². The molecule has 0 fully saturated rings. The van der Waals surface area contributed by atoms with Gasteiger partial charge in [0.25, 0.3) is 0 Å². The van der Waals surface area contributed by atoms with Crippen molar-refractivity contribution in [3.63, 3.8) is 0 Å². The summed E-state index contributed by atoms with van der Waals surface area (Å²) in [6.07, 6.45) is 0. The molecular formula is BeO4SrTi. The molecule has 0 aromatic rings. The first-order chi connectivity index (χ1) is 0. The average molecular weight is 208 g/mol. The minimum Gasteiger partial charge on any atom is -2.00 e. The summed E-state index contributed by atoms with van der Waals surface area (Å²) >= 11 is 0. The van der Waals surface area contributed by atoms with E-state index in [4.69, 9.17) is 0 Å². The zero-order valence-corrected chi connectivity index (χ0v) is 8.58. The van der Waals surface area contributed by atoms with Crippen LogP contribution in [0.3, 0.4) is 0 Å². The molecule has 0 spiro atoms. The molecule has 0 N–H and O–H groups in total. The Kier molecular flexibility index (Phi) is 1600. The summed E-state index contributed by atoms with van der Waals surface area (Å²) in [5.74, 6) is 0. The normalized spacial score (nSPS) is 0. The van der Waals surface area contributed by atoms with E-state index in [1.807, 2.05) is 0 Å². The van der Waals surface area contributed by atoms with Gasteiger partial charge in [0.05, 0.1) is 0 Å². The summed E-state index contributed by atoms with van der Waals surface area (Å²) in [5, 5.41) is 0. The molecule has 0 aromatic heterocycles. The van der Waals surface area contributed by atoms with Crippen molar-refractivity contribution in [2.75, 3.05) is 0 Å². The molecule has 0 atom stereocenters. The van der Waals surface area contributed by atoms with Crippen LogP contribution in [-0.4, -0.2) is 55.6 Å². The third kappa shape index (κ3) is 65.0. The maximum Gasteiger partial charge on any atom is 4.00 e. The summed E-state index contributed by atoms with van der Waals surface area (Å²) in [4.78, 5) is 0. The van der Waals surface area contributed by atoms with Crippen LogP contribution in [0.15, 0.2) is 0 Å². The van der Waals surface area contributed by atoms with Gasteiger partial charge < -0.3 is 21.9 Å². The van der Waals surface area contributed by atoms with Crippen molar-refractivity contribution in [1.29, 1.82) is 0 Å². The van der Waals surface area contributed by atoms with Gasteiger partial charge in [-0.3, -0.25) is 0 Å². The fourth-order valence-corrected chi connectivity index (χ4v) is 0. The van der Waals surface area contributed by atoms with Crippen LogP contribution in [0.25, 0.3) is 0 Å². The van der Waals surface area contributed by atoms with Crippen molar-refractivity contribution in [2.24, 2.45) is 0 Å².